The topological polar surface area (TPSA) is 311 Å². The minimum absolute atomic E-state index is 0.0182. The van der Waals surface area contributed by atoms with E-state index in [0.29, 0.717) is 55.6 Å². The van der Waals surface area contributed by atoms with Crippen molar-refractivity contribution in [2.24, 2.45) is 0 Å². The minimum atomic E-state index is -1.93. The summed E-state index contributed by atoms with van der Waals surface area (Å²) in [5.74, 6) is -8.75. The molecule has 0 spiro atoms. The molecular weight excluding hydrogens is 1020 g/mol. The summed E-state index contributed by atoms with van der Waals surface area (Å²) in [6.45, 7) is -0.802. The second-order valence-corrected chi connectivity index (χ2v) is 21.2. The van der Waals surface area contributed by atoms with Crippen LogP contribution in [0.4, 0.5) is 0 Å². The zero-order valence-corrected chi connectivity index (χ0v) is 41.5. The first-order chi connectivity index (χ1) is 38.0. The van der Waals surface area contributed by atoms with E-state index in [-0.39, 0.29) is 79.9 Å². The zero-order chi connectivity index (χ0) is 55.0. The standard InChI is InChI=1S/C62H52O17/c63-24-44-56(74)57(75)58(76)62(78-44)55-42(73)23-39-51(46(26-3-11-30(65)12-4-26)48-37(18-34(69)21-41(48)72)53-54(39)61(55)79-60(53)28-7-15-32(67)16-8-28)50-38-19-35(70)22-43-49(38)52(59(77-43)27-5-13-31(66)14-6-27)36-17-33(68)20-40(71)47(36)45(50)25-1-9-29(64)10-2-25/h1-23,44-46,50-53,56-60,62-76H,24H2/t44-,45-,46-,50-,51-,52-,53-,56-,57+,58-,59+,60+,62+/m1/s1. The Kier molecular flexibility index (Phi) is 11.6. The molecule has 17 nitrogen and oxygen atoms in total. The van der Waals surface area contributed by atoms with E-state index in [0.717, 1.165) is 0 Å². The third kappa shape index (κ3) is 7.71. The molecule has 0 bridgehead atoms. The predicted molar refractivity (Wildman–Crippen MR) is 280 cm³/mol. The van der Waals surface area contributed by atoms with E-state index < -0.39 is 90.6 Å². The molecule has 0 unspecified atom stereocenters. The summed E-state index contributed by atoms with van der Waals surface area (Å²) in [5, 5.41) is 161. The van der Waals surface area contributed by atoms with Crippen LogP contribution >= 0.6 is 0 Å². The molecule has 402 valence electrons. The Morgan fingerprint density at radius 2 is 0.734 bits per heavy atom. The fourth-order valence-corrected chi connectivity index (χ4v) is 13.7. The number of aliphatic hydroxyl groups excluding tert-OH is 4. The van der Waals surface area contributed by atoms with Gasteiger partial charge in [0, 0.05) is 64.1 Å². The van der Waals surface area contributed by atoms with Crippen molar-refractivity contribution in [3.8, 4) is 69.0 Å². The van der Waals surface area contributed by atoms with Crippen LogP contribution in [0.1, 0.15) is 126 Å². The van der Waals surface area contributed by atoms with Gasteiger partial charge in [-0.25, -0.2) is 0 Å². The Balaban J connectivity index is 1.21. The molecule has 13 atom stereocenters. The van der Waals surface area contributed by atoms with Gasteiger partial charge in [-0.1, -0.05) is 48.5 Å². The lowest BCUT2D eigenvalue weighted by molar-refractivity contribution is -0.232. The number of aromatic hydroxyl groups is 10. The van der Waals surface area contributed by atoms with Crippen molar-refractivity contribution in [1.82, 2.24) is 0 Å². The van der Waals surface area contributed by atoms with Crippen LogP contribution in [-0.2, 0) is 4.74 Å². The summed E-state index contributed by atoms with van der Waals surface area (Å²) in [5.41, 5.74) is 4.65. The summed E-state index contributed by atoms with van der Waals surface area (Å²) < 4.78 is 20.2. The number of hydrogen-bond donors (Lipinski definition) is 14. The molecule has 8 aromatic carbocycles. The number of aliphatic hydroxyl groups is 4. The smallest absolute Gasteiger partial charge is 0.135 e. The van der Waals surface area contributed by atoms with Crippen LogP contribution in [0.2, 0.25) is 0 Å². The predicted octanol–water partition coefficient (Wildman–Crippen LogP) is 7.95. The van der Waals surface area contributed by atoms with Gasteiger partial charge >= 0.3 is 0 Å². The first-order valence-corrected chi connectivity index (χ1v) is 25.7. The van der Waals surface area contributed by atoms with Crippen molar-refractivity contribution in [3.63, 3.8) is 0 Å². The first kappa shape index (κ1) is 49.7. The maximum atomic E-state index is 13.0. The van der Waals surface area contributed by atoms with Gasteiger partial charge in [0.2, 0.25) is 0 Å². The number of benzene rings is 8. The second kappa shape index (κ2) is 18.4. The number of phenolic OH excluding ortho intramolecular Hbond substituents is 10. The van der Waals surface area contributed by atoms with Crippen molar-refractivity contribution in [1.29, 1.82) is 0 Å². The molecule has 0 radical (unpaired) electrons. The third-order valence-electron chi connectivity index (χ3n) is 16.8. The Bertz CT molecular complexity index is 3710. The lowest BCUT2D eigenvalue weighted by Crippen LogP contribution is -2.55. The molecule has 3 aliphatic heterocycles. The van der Waals surface area contributed by atoms with Crippen LogP contribution in [0.5, 0.6) is 69.0 Å². The Morgan fingerprint density at radius 3 is 1.22 bits per heavy atom. The molecule has 2 aliphatic carbocycles. The Hall–Kier alpha value is -8.84. The van der Waals surface area contributed by atoms with Crippen LogP contribution < -0.4 is 9.47 Å². The van der Waals surface area contributed by atoms with E-state index in [4.69, 9.17) is 14.2 Å². The highest BCUT2D eigenvalue weighted by atomic mass is 16.5. The van der Waals surface area contributed by atoms with E-state index in [2.05, 4.69) is 0 Å². The van der Waals surface area contributed by atoms with E-state index in [1.807, 2.05) is 0 Å². The molecule has 0 amide bonds. The molecule has 17 heteroatoms. The number of hydrogen-bond acceptors (Lipinski definition) is 17. The largest absolute Gasteiger partial charge is 0.508 e. The summed E-state index contributed by atoms with van der Waals surface area (Å²) in [6, 6.07) is 35.0. The van der Waals surface area contributed by atoms with Gasteiger partial charge in [-0.3, -0.25) is 0 Å². The van der Waals surface area contributed by atoms with Gasteiger partial charge in [0.15, 0.2) is 0 Å². The van der Waals surface area contributed by atoms with Gasteiger partial charge in [-0.15, -0.1) is 0 Å². The lowest BCUT2D eigenvalue weighted by Gasteiger charge is -2.42. The minimum Gasteiger partial charge on any atom is -0.508 e. The van der Waals surface area contributed by atoms with Gasteiger partial charge in [0.25, 0.3) is 0 Å². The zero-order valence-electron chi connectivity index (χ0n) is 41.5. The highest BCUT2D eigenvalue weighted by molar-refractivity contribution is 5.72. The van der Waals surface area contributed by atoms with Crippen LogP contribution in [0, 0.1) is 0 Å². The normalized spacial score (nSPS) is 27.1. The van der Waals surface area contributed by atoms with Gasteiger partial charge in [0.05, 0.1) is 24.0 Å². The monoisotopic (exact) mass is 1070 g/mol. The number of rotatable bonds is 7. The Labute approximate surface area is 449 Å². The van der Waals surface area contributed by atoms with Gasteiger partial charge in [-0.2, -0.15) is 0 Å². The van der Waals surface area contributed by atoms with Crippen LogP contribution in [0.25, 0.3) is 0 Å². The first-order valence-electron chi connectivity index (χ1n) is 25.7. The van der Waals surface area contributed by atoms with Crippen LogP contribution in [0.3, 0.4) is 0 Å². The van der Waals surface area contributed by atoms with Crippen molar-refractivity contribution in [2.45, 2.75) is 78.2 Å². The quantitative estimate of drug-likeness (QED) is 0.0720. The molecule has 14 N–H and O–H groups in total. The lowest BCUT2D eigenvalue weighted by atomic mass is 9.62. The molecule has 5 aliphatic rings. The molecule has 79 heavy (non-hydrogen) atoms. The average Bonchev–Trinajstić information content (AvgIpc) is 2.92. The molecule has 8 aromatic rings. The molecule has 1 saturated heterocycles. The van der Waals surface area contributed by atoms with Crippen LogP contribution in [0.15, 0.2) is 140 Å². The molecule has 1 fully saturated rings. The summed E-state index contributed by atoms with van der Waals surface area (Å²) in [4.78, 5) is 0. The highest BCUT2D eigenvalue weighted by Gasteiger charge is 2.57. The molecule has 0 aromatic heterocycles. The fourth-order valence-electron chi connectivity index (χ4n) is 13.7. The van der Waals surface area contributed by atoms with Gasteiger partial charge in [-0.05, 0) is 117 Å². The van der Waals surface area contributed by atoms with Crippen LogP contribution in [-0.4, -0.2) is 103 Å². The molecule has 3 heterocycles. The van der Waals surface area contributed by atoms with Gasteiger partial charge in [0.1, 0.15) is 112 Å². The van der Waals surface area contributed by atoms with Crippen molar-refractivity contribution in [2.75, 3.05) is 6.61 Å². The maximum absolute atomic E-state index is 13.0. The van der Waals surface area contributed by atoms with Crippen molar-refractivity contribution < 1.29 is 85.7 Å². The maximum Gasteiger partial charge on any atom is 0.135 e. The van der Waals surface area contributed by atoms with Crippen molar-refractivity contribution in [3.05, 3.63) is 212 Å². The molecular formula is C62H52O17. The average molecular weight is 1070 g/mol. The molecule has 0 saturated carbocycles. The fraction of sp³-hybridized carbons (Fsp3) is 0.226. The SMILES string of the molecule is OC[C@H]1O[C@@H](c2c(O)cc3c4c2O[C@@H](c2ccc(O)cc2)[C@@H]4c2cc(O)cc(O)c2[C@@H](c2ccc(O)cc2)[C@@H]3[C@@H]2c3cc(O)cc4c3[C@@H](c3cc(O)cc(O)c3[C@H]2c2ccc(O)cc2)[C@H](c2ccc(O)cc2)O4)[C@H](O)[C@@H](O)[C@@H]1O. The second-order valence-electron chi connectivity index (χ2n) is 21.2. The van der Waals surface area contributed by atoms with E-state index in [1.54, 1.807) is 54.6 Å². The summed E-state index contributed by atoms with van der Waals surface area (Å²) in [6.07, 6.45) is -10.8. The number of phenols is 10. The third-order valence-corrected chi connectivity index (χ3v) is 16.8. The van der Waals surface area contributed by atoms with E-state index >= 15 is 0 Å². The number of fused-ring (bicyclic) bond motifs is 4. The van der Waals surface area contributed by atoms with E-state index in [1.165, 1.54) is 84.9 Å². The highest BCUT2D eigenvalue weighted by Crippen LogP contribution is 2.70. The summed E-state index contributed by atoms with van der Waals surface area (Å²) >= 11 is 0. The van der Waals surface area contributed by atoms with E-state index in [9.17, 15) is 71.5 Å². The van der Waals surface area contributed by atoms with Crippen molar-refractivity contribution >= 4 is 0 Å². The molecule has 13 rings (SSSR count). The number of ether oxygens (including phenoxy) is 3. The Morgan fingerprint density at radius 1 is 0.329 bits per heavy atom. The summed E-state index contributed by atoms with van der Waals surface area (Å²) in [7, 11) is 0. The van der Waals surface area contributed by atoms with Gasteiger partial charge < -0.3 is 85.7 Å².